The highest BCUT2D eigenvalue weighted by molar-refractivity contribution is 14.1. The van der Waals surface area contributed by atoms with Crippen LogP contribution in [0, 0.1) is 0 Å². The second-order valence-corrected chi connectivity index (χ2v) is 8.04. The second-order valence-electron chi connectivity index (χ2n) is 6.66. The number of carbonyl (C=O) groups is 2. The molecule has 3 nitrogen and oxygen atoms in total. The number of hydrogen-bond donors (Lipinski definition) is 0. The summed E-state index contributed by atoms with van der Waals surface area (Å²) in [6.45, 7) is -0.610. The molecule has 1 aromatic carbocycles. The van der Waals surface area contributed by atoms with E-state index in [-0.39, 0.29) is 11.1 Å². The van der Waals surface area contributed by atoms with Crippen LogP contribution in [0.1, 0.15) is 27.1 Å². The molecule has 1 fully saturated rings. The Morgan fingerprint density at radius 1 is 0.800 bits per heavy atom. The number of fused-ring (bicyclic) bond motifs is 1. The number of imide groups is 1. The van der Waals surface area contributed by atoms with E-state index in [1.165, 1.54) is 24.3 Å². The summed E-state index contributed by atoms with van der Waals surface area (Å²) in [7, 11) is 0. The summed E-state index contributed by atoms with van der Waals surface area (Å²) >= 11 is 1.01. The summed E-state index contributed by atoms with van der Waals surface area (Å²) in [5.41, 5.74) is -5.68. The Balaban J connectivity index is 1.87. The van der Waals surface area contributed by atoms with Crippen molar-refractivity contribution >= 4 is 34.4 Å². The first kappa shape index (κ1) is 22.9. The van der Waals surface area contributed by atoms with Gasteiger partial charge < -0.3 is 0 Å². The Labute approximate surface area is 176 Å². The summed E-state index contributed by atoms with van der Waals surface area (Å²) in [4.78, 5) is 25.0. The Hall–Kier alpha value is -1.80. The second kappa shape index (κ2) is 6.60. The number of nitrogens with zero attached hydrogens (tertiary/aromatic N) is 1. The molecule has 13 heteroatoms. The van der Waals surface area contributed by atoms with Crippen molar-refractivity contribution in [3.8, 4) is 0 Å². The first-order chi connectivity index (χ1) is 13.5. The van der Waals surface area contributed by atoms with Crippen LogP contribution in [-0.4, -0.2) is 52.6 Å². The minimum Gasteiger partial charge on any atom is -0.274 e. The van der Waals surface area contributed by atoms with E-state index in [1.807, 2.05) is 0 Å². The summed E-state index contributed by atoms with van der Waals surface area (Å²) in [5, 5.41) is 0. The number of halogens is 10. The first-order valence-corrected chi connectivity index (χ1v) is 9.15. The number of allylic oxidation sites excluding steroid dienone is 1. The zero-order valence-corrected chi connectivity index (χ0v) is 16.5. The van der Waals surface area contributed by atoms with Crippen LogP contribution in [-0.2, 0) is 0 Å². The molecule has 3 rings (SSSR count). The predicted molar refractivity (Wildman–Crippen MR) is 92.2 cm³/mol. The molecular weight excluding hydrogens is 548 g/mol. The van der Waals surface area contributed by atoms with Crippen LogP contribution in [0.5, 0.6) is 0 Å². The fourth-order valence-electron chi connectivity index (χ4n) is 3.18. The quantitative estimate of drug-likeness (QED) is 0.288. The van der Waals surface area contributed by atoms with E-state index in [0.29, 0.717) is 4.90 Å². The molecule has 0 aromatic heterocycles. The van der Waals surface area contributed by atoms with Crippen LogP contribution in [0.3, 0.4) is 0 Å². The van der Waals surface area contributed by atoms with Crippen molar-refractivity contribution in [2.45, 2.75) is 35.8 Å². The van der Waals surface area contributed by atoms with Crippen LogP contribution < -0.4 is 0 Å². The lowest BCUT2D eigenvalue weighted by Crippen LogP contribution is -2.53. The van der Waals surface area contributed by atoms with E-state index >= 15 is 0 Å². The summed E-state index contributed by atoms with van der Waals surface area (Å²) in [5.74, 6) is -27.8. The Morgan fingerprint density at radius 2 is 1.20 bits per heavy atom. The molecule has 2 amide bonds. The standard InChI is InChI=1S/C17H9F9INO2/c18-13(14(19,20)16(23,24)17(25,26)15(13,21)22)7-8(27)5-6-28-11(29)9-3-1-2-4-10(9)12(28)30/h1-4,7H,5-6H2. The lowest BCUT2D eigenvalue weighted by Gasteiger charge is -2.28. The van der Waals surface area contributed by atoms with Gasteiger partial charge in [-0.2, -0.15) is 35.1 Å². The van der Waals surface area contributed by atoms with Gasteiger partial charge in [-0.05, 0) is 50.8 Å². The average Bonchev–Trinajstić information content (AvgIpc) is 2.91. The van der Waals surface area contributed by atoms with Crippen LogP contribution >= 0.6 is 22.6 Å². The van der Waals surface area contributed by atoms with Gasteiger partial charge >= 0.3 is 23.7 Å². The van der Waals surface area contributed by atoms with Gasteiger partial charge in [-0.15, -0.1) is 0 Å². The number of amides is 2. The van der Waals surface area contributed by atoms with Gasteiger partial charge in [-0.25, -0.2) is 4.39 Å². The third-order valence-electron chi connectivity index (χ3n) is 4.90. The van der Waals surface area contributed by atoms with E-state index < -0.39 is 63.8 Å². The van der Waals surface area contributed by atoms with Crippen molar-refractivity contribution in [2.75, 3.05) is 6.54 Å². The predicted octanol–water partition coefficient (Wildman–Crippen LogP) is 5.25. The zero-order chi connectivity index (χ0) is 22.9. The molecule has 0 unspecified atom stereocenters. The normalized spacial score (nSPS) is 25.5. The maximum atomic E-state index is 14.5. The van der Waals surface area contributed by atoms with Crippen LogP contribution in [0.25, 0.3) is 0 Å². The molecule has 0 N–H and O–H groups in total. The summed E-state index contributed by atoms with van der Waals surface area (Å²) in [6.07, 6.45) is -1.40. The monoisotopic (exact) mass is 557 g/mol. The molecule has 1 saturated carbocycles. The molecule has 2 aliphatic rings. The smallest absolute Gasteiger partial charge is 0.274 e. The Morgan fingerprint density at radius 3 is 1.60 bits per heavy atom. The fourth-order valence-corrected chi connectivity index (χ4v) is 3.85. The van der Waals surface area contributed by atoms with Gasteiger partial charge in [0.2, 0.25) is 0 Å². The molecule has 30 heavy (non-hydrogen) atoms. The average molecular weight is 557 g/mol. The van der Waals surface area contributed by atoms with Gasteiger partial charge in [-0.1, -0.05) is 12.1 Å². The van der Waals surface area contributed by atoms with E-state index in [2.05, 4.69) is 0 Å². The highest BCUT2D eigenvalue weighted by atomic mass is 127. The molecular formula is C17H9F9INO2. The SMILES string of the molecule is O=C1c2ccccc2C(=O)N1CCC(I)=CC1(F)C(F)(F)C(F)(F)C(F)(F)C1(F)F. The van der Waals surface area contributed by atoms with Crippen molar-refractivity contribution in [3.63, 3.8) is 0 Å². The van der Waals surface area contributed by atoms with Gasteiger partial charge in [0.1, 0.15) is 0 Å². The van der Waals surface area contributed by atoms with Crippen molar-refractivity contribution in [2.24, 2.45) is 0 Å². The molecule has 1 heterocycles. The molecule has 0 radical (unpaired) electrons. The molecule has 1 aromatic rings. The van der Waals surface area contributed by atoms with Gasteiger partial charge in [-0.3, -0.25) is 14.5 Å². The molecule has 164 valence electrons. The highest BCUT2D eigenvalue weighted by Gasteiger charge is 3.00. The van der Waals surface area contributed by atoms with E-state index in [9.17, 15) is 49.1 Å². The van der Waals surface area contributed by atoms with Crippen molar-refractivity contribution in [1.82, 2.24) is 4.90 Å². The minimum absolute atomic E-state index is 0.0107. The van der Waals surface area contributed by atoms with Crippen molar-refractivity contribution < 1.29 is 49.1 Å². The molecule has 1 aliphatic carbocycles. The summed E-state index contributed by atoms with van der Waals surface area (Å²) < 4.78 is 122. The minimum atomic E-state index is -6.66. The van der Waals surface area contributed by atoms with E-state index in [1.54, 1.807) is 0 Å². The van der Waals surface area contributed by atoms with Crippen LogP contribution in [0.2, 0.25) is 0 Å². The molecule has 1 aliphatic heterocycles. The first-order valence-electron chi connectivity index (χ1n) is 8.07. The molecule has 0 saturated heterocycles. The lowest BCUT2D eigenvalue weighted by atomic mass is 9.96. The van der Waals surface area contributed by atoms with Crippen LogP contribution in [0.15, 0.2) is 33.9 Å². The van der Waals surface area contributed by atoms with Gasteiger partial charge in [0.05, 0.1) is 11.1 Å². The topological polar surface area (TPSA) is 37.4 Å². The molecule has 0 spiro atoms. The molecule has 0 bridgehead atoms. The van der Waals surface area contributed by atoms with Crippen molar-refractivity contribution in [1.29, 1.82) is 0 Å². The Bertz CT molecular complexity index is 899. The number of hydrogen-bond acceptors (Lipinski definition) is 2. The van der Waals surface area contributed by atoms with Crippen molar-refractivity contribution in [3.05, 3.63) is 45.0 Å². The van der Waals surface area contributed by atoms with Crippen LogP contribution in [0.4, 0.5) is 39.5 Å². The van der Waals surface area contributed by atoms with Gasteiger partial charge in [0.15, 0.2) is 0 Å². The van der Waals surface area contributed by atoms with E-state index in [4.69, 9.17) is 0 Å². The maximum absolute atomic E-state index is 14.5. The number of benzene rings is 1. The highest BCUT2D eigenvalue weighted by Crippen LogP contribution is 2.69. The number of carbonyl (C=O) groups excluding carboxylic acids is 2. The van der Waals surface area contributed by atoms with Gasteiger partial charge in [0, 0.05) is 6.54 Å². The Kier molecular flexibility index (Phi) is 5.03. The third-order valence-corrected chi connectivity index (χ3v) is 5.76. The van der Waals surface area contributed by atoms with Gasteiger partial charge in [0.25, 0.3) is 17.5 Å². The largest absolute Gasteiger partial charge is 0.382 e. The number of alkyl halides is 9. The molecule has 0 atom stereocenters. The number of rotatable bonds is 4. The maximum Gasteiger partial charge on any atom is 0.382 e. The zero-order valence-electron chi connectivity index (χ0n) is 14.3. The fraction of sp³-hybridized carbons (Fsp3) is 0.412. The summed E-state index contributed by atoms with van der Waals surface area (Å²) in [6, 6.07) is 5.54. The lowest BCUT2D eigenvalue weighted by molar-refractivity contribution is -0.303. The third kappa shape index (κ3) is 2.59. The van der Waals surface area contributed by atoms with E-state index in [0.717, 1.165) is 22.6 Å².